The fraction of sp³-hybridized carbons (Fsp3) is 0.300. The third-order valence-corrected chi connectivity index (χ3v) is 3.40. The van der Waals surface area contributed by atoms with Crippen LogP contribution in [0.5, 0.6) is 0 Å². The van der Waals surface area contributed by atoms with Gasteiger partial charge in [-0.25, -0.2) is 4.79 Å². The summed E-state index contributed by atoms with van der Waals surface area (Å²) >= 11 is 0. The Morgan fingerprint density at radius 3 is 2.20 bits per heavy atom. The number of nitrogens with one attached hydrogen (secondary N) is 2. The summed E-state index contributed by atoms with van der Waals surface area (Å²) in [5, 5.41) is 5.41. The van der Waals surface area contributed by atoms with E-state index < -0.39 is 17.7 Å². The van der Waals surface area contributed by atoms with Gasteiger partial charge in [-0.1, -0.05) is 48.5 Å². The predicted molar refractivity (Wildman–Crippen MR) is 99.3 cm³/mol. The summed E-state index contributed by atoms with van der Waals surface area (Å²) in [5.74, 6) is -0.311. The molecule has 1 unspecified atom stereocenters. The van der Waals surface area contributed by atoms with Crippen LogP contribution < -0.4 is 10.6 Å². The Labute approximate surface area is 148 Å². The molecule has 2 rings (SSSR count). The lowest BCUT2D eigenvalue weighted by Gasteiger charge is -2.22. The molecular weight excluding hydrogens is 316 g/mol. The molecule has 0 aromatic heterocycles. The van der Waals surface area contributed by atoms with Gasteiger partial charge in [0.2, 0.25) is 5.91 Å². The number of alkyl carbamates (subject to hydrolysis) is 1. The van der Waals surface area contributed by atoms with E-state index in [1.165, 1.54) is 0 Å². The maximum Gasteiger partial charge on any atom is 0.408 e. The second-order valence-electron chi connectivity index (χ2n) is 6.77. The van der Waals surface area contributed by atoms with E-state index in [-0.39, 0.29) is 5.91 Å². The fourth-order valence-corrected chi connectivity index (χ4v) is 2.25. The Balaban J connectivity index is 2.07. The first-order chi connectivity index (χ1) is 11.8. The lowest BCUT2D eigenvalue weighted by Crippen LogP contribution is -2.44. The average molecular weight is 340 g/mol. The molecule has 0 saturated carbocycles. The first-order valence-electron chi connectivity index (χ1n) is 8.21. The number of benzene rings is 2. The Kier molecular flexibility index (Phi) is 5.80. The van der Waals surface area contributed by atoms with Crippen LogP contribution in [0.1, 0.15) is 27.7 Å². The van der Waals surface area contributed by atoms with E-state index in [9.17, 15) is 9.59 Å². The zero-order chi connectivity index (χ0) is 18.4. The number of rotatable bonds is 4. The fourth-order valence-electron chi connectivity index (χ4n) is 2.25. The van der Waals surface area contributed by atoms with Crippen molar-refractivity contribution in [3.8, 4) is 11.1 Å². The molecule has 25 heavy (non-hydrogen) atoms. The van der Waals surface area contributed by atoms with Gasteiger partial charge in [0.1, 0.15) is 11.6 Å². The predicted octanol–water partition coefficient (Wildman–Crippen LogP) is 4.21. The number of hydrogen-bond donors (Lipinski definition) is 2. The highest BCUT2D eigenvalue weighted by molar-refractivity contribution is 5.99. The molecular formula is C20H24N2O3. The van der Waals surface area contributed by atoms with Crippen LogP contribution in [-0.4, -0.2) is 23.6 Å². The maximum atomic E-state index is 12.4. The van der Waals surface area contributed by atoms with Crippen LogP contribution in [0, 0.1) is 0 Å². The van der Waals surface area contributed by atoms with Crippen LogP contribution in [0.3, 0.4) is 0 Å². The largest absolute Gasteiger partial charge is 0.444 e. The van der Waals surface area contributed by atoms with Crippen molar-refractivity contribution in [1.29, 1.82) is 0 Å². The van der Waals surface area contributed by atoms with Crippen molar-refractivity contribution in [1.82, 2.24) is 5.32 Å². The summed E-state index contributed by atoms with van der Waals surface area (Å²) in [6.07, 6.45) is -0.619. The zero-order valence-corrected chi connectivity index (χ0v) is 15.0. The highest BCUT2D eigenvalue weighted by atomic mass is 16.6. The van der Waals surface area contributed by atoms with Crippen LogP contribution in [-0.2, 0) is 9.53 Å². The van der Waals surface area contributed by atoms with Gasteiger partial charge in [-0.15, -0.1) is 0 Å². The number of para-hydroxylation sites is 1. The number of carbonyl (C=O) groups is 2. The van der Waals surface area contributed by atoms with E-state index >= 15 is 0 Å². The van der Waals surface area contributed by atoms with E-state index in [1.54, 1.807) is 27.7 Å². The SMILES string of the molecule is CC(NC(=O)OC(C)(C)C)C(=O)Nc1ccccc1-c1ccccc1. The number of ether oxygens (including phenoxy) is 1. The van der Waals surface area contributed by atoms with Crippen LogP contribution in [0.4, 0.5) is 10.5 Å². The molecule has 0 aliphatic heterocycles. The summed E-state index contributed by atoms with van der Waals surface area (Å²) in [6.45, 7) is 6.93. The Morgan fingerprint density at radius 2 is 1.56 bits per heavy atom. The van der Waals surface area contributed by atoms with Crippen molar-refractivity contribution < 1.29 is 14.3 Å². The lowest BCUT2D eigenvalue weighted by molar-refractivity contribution is -0.117. The van der Waals surface area contributed by atoms with E-state index in [0.29, 0.717) is 5.69 Å². The molecule has 2 aromatic rings. The number of amides is 2. The highest BCUT2D eigenvalue weighted by Crippen LogP contribution is 2.27. The molecule has 2 N–H and O–H groups in total. The van der Waals surface area contributed by atoms with Crippen LogP contribution in [0.2, 0.25) is 0 Å². The Morgan fingerprint density at radius 1 is 0.960 bits per heavy atom. The van der Waals surface area contributed by atoms with Crippen LogP contribution >= 0.6 is 0 Å². The van der Waals surface area contributed by atoms with Crippen LogP contribution in [0.25, 0.3) is 11.1 Å². The summed E-state index contributed by atoms with van der Waals surface area (Å²) in [5.41, 5.74) is 2.00. The summed E-state index contributed by atoms with van der Waals surface area (Å²) in [6, 6.07) is 16.6. The van der Waals surface area contributed by atoms with Gasteiger partial charge in [-0.2, -0.15) is 0 Å². The molecule has 0 spiro atoms. The second-order valence-corrected chi connectivity index (χ2v) is 6.77. The van der Waals surface area contributed by atoms with Crippen molar-refractivity contribution in [2.24, 2.45) is 0 Å². The lowest BCUT2D eigenvalue weighted by atomic mass is 10.0. The highest BCUT2D eigenvalue weighted by Gasteiger charge is 2.21. The molecule has 5 heteroatoms. The van der Waals surface area contributed by atoms with Gasteiger partial charge in [0.05, 0.1) is 0 Å². The smallest absolute Gasteiger partial charge is 0.408 e. The minimum atomic E-state index is -0.723. The van der Waals surface area contributed by atoms with Gasteiger partial charge < -0.3 is 15.4 Å². The van der Waals surface area contributed by atoms with Gasteiger partial charge in [0.15, 0.2) is 0 Å². The first kappa shape index (κ1) is 18.5. The van der Waals surface area contributed by atoms with Crippen molar-refractivity contribution in [2.45, 2.75) is 39.3 Å². The summed E-state index contributed by atoms with van der Waals surface area (Å²) in [4.78, 5) is 24.2. The third kappa shape index (κ3) is 5.64. The standard InChI is InChI=1S/C20H24N2O3/c1-14(21-19(24)25-20(2,3)4)18(23)22-17-13-9-8-12-16(17)15-10-6-5-7-11-15/h5-14H,1-4H3,(H,21,24)(H,22,23). The molecule has 0 fully saturated rings. The zero-order valence-electron chi connectivity index (χ0n) is 15.0. The van der Waals surface area contributed by atoms with Crippen LogP contribution in [0.15, 0.2) is 54.6 Å². The number of carbonyl (C=O) groups excluding carboxylic acids is 2. The van der Waals surface area contributed by atoms with Gasteiger partial charge in [-0.05, 0) is 39.3 Å². The molecule has 132 valence electrons. The molecule has 2 amide bonds. The molecule has 0 aliphatic carbocycles. The molecule has 5 nitrogen and oxygen atoms in total. The second kappa shape index (κ2) is 7.83. The molecule has 0 heterocycles. The molecule has 2 aromatic carbocycles. The minimum absolute atomic E-state index is 0.311. The first-order valence-corrected chi connectivity index (χ1v) is 8.21. The van der Waals surface area contributed by atoms with E-state index in [1.807, 2.05) is 54.6 Å². The Bertz CT molecular complexity index is 736. The summed E-state index contributed by atoms with van der Waals surface area (Å²) < 4.78 is 5.17. The van der Waals surface area contributed by atoms with Crippen molar-refractivity contribution in [2.75, 3.05) is 5.32 Å². The Hall–Kier alpha value is -2.82. The number of hydrogen-bond acceptors (Lipinski definition) is 3. The number of anilines is 1. The van der Waals surface area contributed by atoms with Gasteiger partial charge >= 0.3 is 6.09 Å². The van der Waals surface area contributed by atoms with Gasteiger partial charge in [-0.3, -0.25) is 4.79 Å². The van der Waals surface area contributed by atoms with E-state index in [0.717, 1.165) is 11.1 Å². The topological polar surface area (TPSA) is 67.4 Å². The third-order valence-electron chi connectivity index (χ3n) is 3.40. The van der Waals surface area contributed by atoms with Crippen molar-refractivity contribution >= 4 is 17.7 Å². The van der Waals surface area contributed by atoms with Crippen molar-refractivity contribution in [3.05, 3.63) is 54.6 Å². The van der Waals surface area contributed by atoms with Gasteiger partial charge in [0, 0.05) is 11.3 Å². The van der Waals surface area contributed by atoms with E-state index in [2.05, 4.69) is 10.6 Å². The molecule has 1 atom stereocenters. The monoisotopic (exact) mass is 340 g/mol. The molecule has 0 bridgehead atoms. The summed E-state index contributed by atoms with van der Waals surface area (Å²) in [7, 11) is 0. The minimum Gasteiger partial charge on any atom is -0.444 e. The van der Waals surface area contributed by atoms with E-state index in [4.69, 9.17) is 4.74 Å². The average Bonchev–Trinajstić information content (AvgIpc) is 2.54. The molecule has 0 saturated heterocycles. The van der Waals surface area contributed by atoms with Crippen molar-refractivity contribution in [3.63, 3.8) is 0 Å². The molecule has 0 aliphatic rings. The van der Waals surface area contributed by atoms with Gasteiger partial charge in [0.25, 0.3) is 0 Å². The maximum absolute atomic E-state index is 12.4. The normalized spacial score (nSPS) is 12.2. The molecule has 0 radical (unpaired) electrons. The quantitative estimate of drug-likeness (QED) is 0.876.